The van der Waals surface area contributed by atoms with Crippen molar-refractivity contribution in [2.75, 3.05) is 23.9 Å². The Morgan fingerprint density at radius 1 is 1.56 bits per heavy atom. The van der Waals surface area contributed by atoms with Gasteiger partial charge in [-0.25, -0.2) is 13.4 Å². The number of aromatic amines is 1. The fourth-order valence-corrected chi connectivity index (χ4v) is 3.59. The Hall–Kier alpha value is -1.61. The molecule has 7 nitrogen and oxygen atoms in total. The molecule has 0 aliphatic heterocycles. The van der Waals surface area contributed by atoms with E-state index in [0.717, 1.165) is 23.5 Å². The van der Waals surface area contributed by atoms with Gasteiger partial charge in [0.05, 0.1) is 6.33 Å². The molecule has 0 saturated heterocycles. The van der Waals surface area contributed by atoms with Gasteiger partial charge in [0, 0.05) is 31.1 Å². The van der Waals surface area contributed by atoms with E-state index < -0.39 is 9.84 Å². The second-order valence-electron chi connectivity index (χ2n) is 3.75. The van der Waals surface area contributed by atoms with E-state index in [0.29, 0.717) is 18.0 Å². The maximum Gasteiger partial charge on any atom is 0.182 e. The van der Waals surface area contributed by atoms with Crippen molar-refractivity contribution < 1.29 is 8.42 Å². The van der Waals surface area contributed by atoms with E-state index >= 15 is 0 Å². The van der Waals surface area contributed by atoms with E-state index in [2.05, 4.69) is 19.7 Å². The standard InChI is InChI=1S/C9H13N5O2S2/c1-18(15,16)7-8(10)14-17-9(7)12-3-2-6-4-11-5-13-6/h4-5,12H,2-3H2,1H3,(H2,10,14)(H,11,13). The lowest BCUT2D eigenvalue weighted by Gasteiger charge is -2.04. The summed E-state index contributed by atoms with van der Waals surface area (Å²) in [5, 5.41) is 3.51. The van der Waals surface area contributed by atoms with Crippen LogP contribution in [0.5, 0.6) is 0 Å². The van der Waals surface area contributed by atoms with Gasteiger partial charge >= 0.3 is 0 Å². The highest BCUT2D eigenvalue weighted by Gasteiger charge is 2.20. The van der Waals surface area contributed by atoms with Crippen molar-refractivity contribution >= 4 is 32.2 Å². The largest absolute Gasteiger partial charge is 0.382 e. The van der Waals surface area contributed by atoms with Gasteiger partial charge in [-0.15, -0.1) is 0 Å². The maximum absolute atomic E-state index is 11.6. The zero-order chi connectivity index (χ0) is 13.2. The van der Waals surface area contributed by atoms with Crippen molar-refractivity contribution in [1.82, 2.24) is 14.3 Å². The Kier molecular flexibility index (Phi) is 3.53. The number of nitrogens with zero attached hydrogens (tertiary/aromatic N) is 2. The number of hydrogen-bond acceptors (Lipinski definition) is 7. The molecule has 0 unspecified atom stereocenters. The zero-order valence-corrected chi connectivity index (χ0v) is 11.3. The third kappa shape index (κ3) is 2.79. The van der Waals surface area contributed by atoms with Crippen molar-refractivity contribution in [2.24, 2.45) is 0 Å². The van der Waals surface area contributed by atoms with Crippen LogP contribution in [0.25, 0.3) is 0 Å². The molecule has 0 aliphatic carbocycles. The number of sulfone groups is 1. The van der Waals surface area contributed by atoms with Crippen LogP contribution < -0.4 is 11.1 Å². The van der Waals surface area contributed by atoms with Gasteiger partial charge in [0.15, 0.2) is 15.7 Å². The Labute approximate surface area is 109 Å². The van der Waals surface area contributed by atoms with Crippen LogP contribution in [0.15, 0.2) is 17.4 Å². The highest BCUT2D eigenvalue weighted by atomic mass is 32.2. The summed E-state index contributed by atoms with van der Waals surface area (Å²) in [6, 6.07) is 0. The average Bonchev–Trinajstić information content (AvgIpc) is 2.87. The predicted octanol–water partition coefficient (Wildman–Crippen LogP) is 0.506. The minimum absolute atomic E-state index is 0.0477. The second kappa shape index (κ2) is 4.94. The lowest BCUT2D eigenvalue weighted by molar-refractivity contribution is 0.602. The Bertz CT molecular complexity index is 617. The van der Waals surface area contributed by atoms with Gasteiger partial charge in [-0.2, -0.15) is 4.37 Å². The van der Waals surface area contributed by atoms with E-state index in [-0.39, 0.29) is 10.7 Å². The summed E-state index contributed by atoms with van der Waals surface area (Å²) in [4.78, 5) is 6.95. The molecule has 0 bridgehead atoms. The highest BCUT2D eigenvalue weighted by molar-refractivity contribution is 7.91. The Morgan fingerprint density at radius 2 is 2.33 bits per heavy atom. The van der Waals surface area contributed by atoms with Crippen LogP contribution in [0.2, 0.25) is 0 Å². The van der Waals surface area contributed by atoms with Crippen molar-refractivity contribution in [3.8, 4) is 0 Å². The molecule has 0 aliphatic rings. The lowest BCUT2D eigenvalue weighted by Crippen LogP contribution is -2.08. The third-order valence-electron chi connectivity index (χ3n) is 2.28. The van der Waals surface area contributed by atoms with Gasteiger partial charge in [0.25, 0.3) is 0 Å². The molecule has 2 heterocycles. The van der Waals surface area contributed by atoms with Crippen LogP contribution in [0.3, 0.4) is 0 Å². The van der Waals surface area contributed by atoms with Crippen molar-refractivity contribution in [2.45, 2.75) is 11.3 Å². The first-order valence-corrected chi connectivity index (χ1v) is 7.81. The number of anilines is 2. The molecule has 9 heteroatoms. The molecule has 0 spiro atoms. The van der Waals surface area contributed by atoms with Crippen LogP contribution in [-0.2, 0) is 16.3 Å². The van der Waals surface area contributed by atoms with Crippen LogP contribution >= 0.6 is 11.5 Å². The first kappa shape index (κ1) is 12.8. The Morgan fingerprint density at radius 3 is 2.94 bits per heavy atom. The molecular formula is C9H13N5O2S2. The van der Waals surface area contributed by atoms with Crippen molar-refractivity contribution in [3.05, 3.63) is 18.2 Å². The van der Waals surface area contributed by atoms with Gasteiger partial charge in [-0.3, -0.25) is 0 Å². The fourth-order valence-electron chi connectivity index (χ4n) is 1.50. The normalized spacial score (nSPS) is 11.6. The minimum atomic E-state index is -3.36. The molecule has 18 heavy (non-hydrogen) atoms. The van der Waals surface area contributed by atoms with Gasteiger partial charge in [0.1, 0.15) is 9.90 Å². The molecule has 0 fully saturated rings. The average molecular weight is 287 g/mol. The van der Waals surface area contributed by atoms with Gasteiger partial charge in [0.2, 0.25) is 0 Å². The smallest absolute Gasteiger partial charge is 0.182 e. The number of nitrogen functional groups attached to an aromatic ring is 1. The number of H-pyrrole nitrogens is 1. The molecule has 98 valence electrons. The van der Waals surface area contributed by atoms with Crippen LogP contribution in [0.1, 0.15) is 5.69 Å². The summed E-state index contributed by atoms with van der Waals surface area (Å²) < 4.78 is 27.0. The number of rotatable bonds is 5. The van der Waals surface area contributed by atoms with E-state index in [9.17, 15) is 8.42 Å². The first-order valence-electron chi connectivity index (χ1n) is 5.15. The molecule has 2 aromatic rings. The van der Waals surface area contributed by atoms with E-state index in [1.54, 1.807) is 12.5 Å². The summed E-state index contributed by atoms with van der Waals surface area (Å²) in [6.45, 7) is 0.576. The molecule has 0 radical (unpaired) electrons. The lowest BCUT2D eigenvalue weighted by atomic mass is 10.3. The molecule has 2 aromatic heterocycles. The number of nitrogens with one attached hydrogen (secondary N) is 2. The monoisotopic (exact) mass is 287 g/mol. The summed E-state index contributed by atoms with van der Waals surface area (Å²) >= 11 is 1.05. The van der Waals surface area contributed by atoms with E-state index in [1.807, 2.05) is 0 Å². The molecule has 4 N–H and O–H groups in total. The summed E-state index contributed by atoms with van der Waals surface area (Å²) in [7, 11) is -3.36. The summed E-state index contributed by atoms with van der Waals surface area (Å²) in [5.74, 6) is 0.0477. The SMILES string of the molecule is CS(=O)(=O)c1c(N)nsc1NCCc1cnc[nH]1. The quantitative estimate of drug-likeness (QED) is 0.738. The zero-order valence-electron chi connectivity index (χ0n) is 9.67. The number of imidazole rings is 1. The maximum atomic E-state index is 11.6. The van der Waals surface area contributed by atoms with Crippen molar-refractivity contribution in [1.29, 1.82) is 0 Å². The van der Waals surface area contributed by atoms with E-state index in [4.69, 9.17) is 5.73 Å². The Balaban J connectivity index is 2.06. The topological polar surface area (TPSA) is 114 Å². The first-order chi connectivity index (χ1) is 8.48. The van der Waals surface area contributed by atoms with Crippen LogP contribution in [-0.4, -0.2) is 35.6 Å². The van der Waals surface area contributed by atoms with Crippen LogP contribution in [0, 0.1) is 0 Å². The van der Waals surface area contributed by atoms with Gasteiger partial charge in [-0.1, -0.05) is 0 Å². The molecule has 0 aromatic carbocycles. The molecule has 2 rings (SSSR count). The number of nitrogens with two attached hydrogens (primary N) is 1. The molecule has 0 saturated carbocycles. The summed E-state index contributed by atoms with van der Waals surface area (Å²) in [6.07, 6.45) is 5.15. The minimum Gasteiger partial charge on any atom is -0.382 e. The predicted molar refractivity (Wildman–Crippen MR) is 70.4 cm³/mol. The van der Waals surface area contributed by atoms with Gasteiger partial charge in [-0.05, 0) is 11.5 Å². The molecule has 0 amide bonds. The molecular weight excluding hydrogens is 274 g/mol. The number of hydrogen-bond donors (Lipinski definition) is 3. The number of aromatic nitrogens is 3. The third-order valence-corrected chi connectivity index (χ3v) is 4.38. The second-order valence-corrected chi connectivity index (χ2v) is 6.48. The highest BCUT2D eigenvalue weighted by Crippen LogP contribution is 2.31. The van der Waals surface area contributed by atoms with Crippen molar-refractivity contribution in [3.63, 3.8) is 0 Å². The molecule has 0 atom stereocenters. The fraction of sp³-hybridized carbons (Fsp3) is 0.333. The summed E-state index contributed by atoms with van der Waals surface area (Å²) in [5.41, 5.74) is 6.53. The van der Waals surface area contributed by atoms with E-state index in [1.165, 1.54) is 0 Å². The van der Waals surface area contributed by atoms with Gasteiger partial charge < -0.3 is 16.0 Å². The van der Waals surface area contributed by atoms with Crippen LogP contribution in [0.4, 0.5) is 10.8 Å².